The summed E-state index contributed by atoms with van der Waals surface area (Å²) in [5.74, 6) is -0.873. The normalized spacial score (nSPS) is 21.2. The molecule has 1 amide bonds. The highest BCUT2D eigenvalue weighted by Gasteiger charge is 2.42. The van der Waals surface area contributed by atoms with Gasteiger partial charge in [-0.1, -0.05) is 0 Å². The van der Waals surface area contributed by atoms with E-state index in [1.807, 2.05) is 0 Å². The van der Waals surface area contributed by atoms with Crippen LogP contribution in [0.5, 0.6) is 0 Å². The first-order valence-electron chi connectivity index (χ1n) is 4.85. The molecule has 1 fully saturated rings. The van der Waals surface area contributed by atoms with Crippen LogP contribution in [0.2, 0.25) is 0 Å². The number of hydrogen-bond donors (Lipinski definition) is 0. The Labute approximate surface area is 104 Å². The molecule has 0 saturated carbocycles. The molecular formula is C8H6F4N2O4S. The lowest BCUT2D eigenvalue weighted by atomic mass is 10.4. The summed E-state index contributed by atoms with van der Waals surface area (Å²) in [6.45, 7) is -0.629. The number of aromatic nitrogens is 1. The highest BCUT2D eigenvalue weighted by Crippen LogP contribution is 2.32. The maximum atomic E-state index is 12.7. The van der Waals surface area contributed by atoms with Crippen molar-refractivity contribution in [3.05, 3.63) is 12.0 Å². The van der Waals surface area contributed by atoms with Crippen LogP contribution in [0.3, 0.4) is 0 Å². The molecule has 1 aliphatic rings. The Morgan fingerprint density at radius 2 is 2.05 bits per heavy atom. The molecule has 1 saturated heterocycles. The number of rotatable bonds is 2. The average molecular weight is 302 g/mol. The minimum absolute atomic E-state index is 0.292. The van der Waals surface area contributed by atoms with Gasteiger partial charge in [0.2, 0.25) is 5.91 Å². The van der Waals surface area contributed by atoms with Gasteiger partial charge >= 0.3 is 22.4 Å². The van der Waals surface area contributed by atoms with Gasteiger partial charge in [-0.15, -0.1) is 3.89 Å². The van der Waals surface area contributed by atoms with Gasteiger partial charge in [-0.3, -0.25) is 9.69 Å². The Bertz CT molecular complexity index is 609. The minimum Gasteiger partial charge on any atom is -0.431 e. The molecular weight excluding hydrogens is 296 g/mol. The smallest absolute Gasteiger partial charge is 0.431 e. The van der Waals surface area contributed by atoms with Crippen molar-refractivity contribution in [1.82, 2.24) is 4.98 Å². The van der Waals surface area contributed by atoms with Crippen LogP contribution in [-0.2, 0) is 21.2 Å². The van der Waals surface area contributed by atoms with Gasteiger partial charge in [-0.25, -0.2) is 0 Å². The van der Waals surface area contributed by atoms with Crippen molar-refractivity contribution in [3.63, 3.8) is 0 Å². The predicted octanol–water partition coefficient (Wildman–Crippen LogP) is 1.10. The highest BCUT2D eigenvalue weighted by molar-refractivity contribution is 7.87. The molecule has 1 atom stereocenters. The topological polar surface area (TPSA) is 80.5 Å². The number of carbonyl (C=O) groups is 1. The number of nitrogens with zero attached hydrogens (tertiary/aromatic N) is 2. The van der Waals surface area contributed by atoms with Gasteiger partial charge in [0.1, 0.15) is 11.5 Å². The molecule has 1 aromatic rings. The Kier molecular flexibility index (Phi) is 3.03. The standard InChI is InChI=1S/C8H6F4N2O4S/c9-8(10,11)5-3-18-7(13-5)14-2-4(1-6(14)15)19(12,16)17/h3-4H,1-2H2. The average Bonchev–Trinajstić information content (AvgIpc) is 2.80. The number of anilines is 1. The minimum atomic E-state index is -4.95. The van der Waals surface area contributed by atoms with E-state index >= 15 is 0 Å². The van der Waals surface area contributed by atoms with Gasteiger partial charge in [-0.05, 0) is 0 Å². The Balaban J connectivity index is 2.24. The fraction of sp³-hybridized carbons (Fsp3) is 0.500. The molecule has 0 radical (unpaired) electrons. The molecule has 0 spiro atoms. The molecule has 0 aromatic carbocycles. The van der Waals surface area contributed by atoms with Crippen LogP contribution in [0.1, 0.15) is 12.1 Å². The molecule has 2 heterocycles. The molecule has 0 N–H and O–H groups in total. The van der Waals surface area contributed by atoms with Crippen LogP contribution in [-0.4, -0.2) is 31.1 Å². The summed E-state index contributed by atoms with van der Waals surface area (Å²) < 4.78 is 75.3. The third-order valence-corrected chi connectivity index (χ3v) is 3.61. The van der Waals surface area contributed by atoms with E-state index in [-0.39, 0.29) is 0 Å². The number of halogens is 4. The molecule has 19 heavy (non-hydrogen) atoms. The van der Waals surface area contributed by atoms with Crippen molar-refractivity contribution in [3.8, 4) is 0 Å². The Hall–Kier alpha value is -1.65. The van der Waals surface area contributed by atoms with Gasteiger partial charge in [0, 0.05) is 6.42 Å². The zero-order valence-electron chi connectivity index (χ0n) is 9.02. The second-order valence-electron chi connectivity index (χ2n) is 3.82. The van der Waals surface area contributed by atoms with Gasteiger partial charge in [-0.2, -0.15) is 26.6 Å². The van der Waals surface area contributed by atoms with Crippen LogP contribution in [0.15, 0.2) is 10.7 Å². The van der Waals surface area contributed by atoms with E-state index < -0.39 is 52.2 Å². The largest absolute Gasteiger partial charge is 0.436 e. The summed E-state index contributed by atoms with van der Waals surface area (Å²) in [5, 5.41) is -1.62. The fourth-order valence-corrected chi connectivity index (χ4v) is 2.24. The van der Waals surface area contributed by atoms with Crippen molar-refractivity contribution >= 4 is 22.1 Å². The predicted molar refractivity (Wildman–Crippen MR) is 52.3 cm³/mol. The van der Waals surface area contributed by atoms with Crippen molar-refractivity contribution in [2.75, 3.05) is 11.4 Å². The summed E-state index contributed by atoms with van der Waals surface area (Å²) in [7, 11) is -4.95. The van der Waals surface area contributed by atoms with Crippen LogP contribution in [0, 0.1) is 0 Å². The molecule has 2 rings (SSSR count). The number of carbonyl (C=O) groups excluding carboxylic acids is 1. The Morgan fingerprint density at radius 1 is 1.42 bits per heavy atom. The number of hydrogen-bond acceptors (Lipinski definition) is 5. The maximum Gasteiger partial charge on any atom is 0.436 e. The van der Waals surface area contributed by atoms with Crippen LogP contribution in [0.25, 0.3) is 0 Å². The lowest BCUT2D eigenvalue weighted by molar-refractivity contribution is -0.141. The molecule has 106 valence electrons. The molecule has 1 unspecified atom stereocenters. The molecule has 0 aliphatic carbocycles. The van der Waals surface area contributed by atoms with E-state index in [1.165, 1.54) is 0 Å². The van der Waals surface area contributed by atoms with E-state index in [1.54, 1.807) is 0 Å². The van der Waals surface area contributed by atoms with E-state index in [9.17, 15) is 30.3 Å². The quantitative estimate of drug-likeness (QED) is 0.603. The van der Waals surface area contributed by atoms with Gasteiger partial charge in [0.15, 0.2) is 5.69 Å². The SMILES string of the molecule is O=C1CC(S(=O)(=O)F)CN1c1nc(C(F)(F)F)co1. The second kappa shape index (κ2) is 4.18. The Morgan fingerprint density at radius 3 is 2.47 bits per heavy atom. The maximum absolute atomic E-state index is 12.7. The zero-order chi connectivity index (χ0) is 14.4. The summed E-state index contributed by atoms with van der Waals surface area (Å²) in [6.07, 6.45) is -5.13. The zero-order valence-corrected chi connectivity index (χ0v) is 9.83. The van der Waals surface area contributed by atoms with Crippen molar-refractivity contribution < 1.29 is 34.7 Å². The van der Waals surface area contributed by atoms with Crippen molar-refractivity contribution in [2.24, 2.45) is 0 Å². The van der Waals surface area contributed by atoms with Gasteiger partial charge in [0.05, 0.1) is 6.54 Å². The van der Waals surface area contributed by atoms with E-state index in [0.717, 1.165) is 0 Å². The number of alkyl halides is 3. The first kappa shape index (κ1) is 13.8. The first-order valence-corrected chi connectivity index (χ1v) is 6.30. The van der Waals surface area contributed by atoms with E-state index in [4.69, 9.17) is 0 Å². The van der Waals surface area contributed by atoms with Crippen LogP contribution < -0.4 is 4.90 Å². The molecule has 11 heteroatoms. The lowest BCUT2D eigenvalue weighted by Gasteiger charge is -2.09. The third kappa shape index (κ3) is 2.69. The van der Waals surface area contributed by atoms with Crippen molar-refractivity contribution in [1.29, 1.82) is 0 Å². The molecule has 0 bridgehead atoms. The summed E-state index contributed by atoms with van der Waals surface area (Å²) in [5.41, 5.74) is -1.36. The number of oxazole rings is 1. The molecule has 1 aliphatic heterocycles. The monoisotopic (exact) mass is 302 g/mol. The second-order valence-corrected chi connectivity index (χ2v) is 5.44. The van der Waals surface area contributed by atoms with Gasteiger partial charge in [0.25, 0.3) is 0 Å². The van der Waals surface area contributed by atoms with E-state index in [0.29, 0.717) is 11.2 Å². The first-order chi connectivity index (χ1) is 8.59. The van der Waals surface area contributed by atoms with E-state index in [2.05, 4.69) is 9.40 Å². The van der Waals surface area contributed by atoms with Crippen LogP contribution >= 0.6 is 0 Å². The summed E-state index contributed by atoms with van der Waals surface area (Å²) in [6, 6.07) is -0.705. The van der Waals surface area contributed by atoms with Gasteiger partial charge < -0.3 is 4.42 Å². The highest BCUT2D eigenvalue weighted by atomic mass is 32.3. The molecule has 1 aromatic heterocycles. The number of amides is 1. The lowest BCUT2D eigenvalue weighted by Crippen LogP contribution is -2.27. The summed E-state index contributed by atoms with van der Waals surface area (Å²) >= 11 is 0. The van der Waals surface area contributed by atoms with Crippen molar-refractivity contribution in [2.45, 2.75) is 17.8 Å². The summed E-state index contributed by atoms with van der Waals surface area (Å²) in [4.78, 5) is 15.0. The molecule has 6 nitrogen and oxygen atoms in total. The third-order valence-electron chi connectivity index (χ3n) is 2.50. The van der Waals surface area contributed by atoms with Crippen LogP contribution in [0.4, 0.5) is 23.1 Å². The fourth-order valence-electron chi connectivity index (χ4n) is 1.57.